The first-order valence-corrected chi connectivity index (χ1v) is 8.65. The van der Waals surface area contributed by atoms with Gasteiger partial charge in [-0.1, -0.05) is 25.0 Å². The molecule has 1 aromatic carbocycles. The Balaban J connectivity index is 1.98. The Labute approximate surface area is 139 Å². The smallest absolute Gasteiger partial charge is 0.225 e. The van der Waals surface area contributed by atoms with E-state index in [0.29, 0.717) is 0 Å². The molecule has 4 nitrogen and oxygen atoms in total. The van der Waals surface area contributed by atoms with E-state index in [0.717, 1.165) is 37.0 Å². The fraction of sp³-hybridized carbons (Fsp3) is 0.632. The van der Waals surface area contributed by atoms with Gasteiger partial charge in [-0.15, -0.1) is 0 Å². The summed E-state index contributed by atoms with van der Waals surface area (Å²) in [5.74, 6) is 0.830. The SMILES string of the molecule is CC(C)Oc1ccc(C(C)NC(=O)C2CCCCC2(C)N)cc1. The second kappa shape index (κ2) is 7.35. The van der Waals surface area contributed by atoms with Crippen molar-refractivity contribution in [2.45, 2.75) is 71.1 Å². The van der Waals surface area contributed by atoms with Crippen molar-refractivity contribution < 1.29 is 9.53 Å². The zero-order valence-electron chi connectivity index (χ0n) is 14.8. The summed E-state index contributed by atoms with van der Waals surface area (Å²) in [5, 5.41) is 3.12. The minimum Gasteiger partial charge on any atom is -0.491 e. The van der Waals surface area contributed by atoms with Crippen LogP contribution < -0.4 is 15.8 Å². The van der Waals surface area contributed by atoms with Gasteiger partial charge in [0.05, 0.1) is 18.1 Å². The van der Waals surface area contributed by atoms with Crippen LogP contribution in [-0.4, -0.2) is 17.6 Å². The Morgan fingerprint density at radius 1 is 1.26 bits per heavy atom. The summed E-state index contributed by atoms with van der Waals surface area (Å²) in [6, 6.07) is 7.88. The number of amides is 1. The molecule has 4 heteroatoms. The lowest BCUT2D eigenvalue weighted by Crippen LogP contribution is -2.53. The molecule has 3 atom stereocenters. The van der Waals surface area contributed by atoms with Crippen molar-refractivity contribution >= 4 is 5.91 Å². The Bertz CT molecular complexity index is 523. The van der Waals surface area contributed by atoms with Crippen LogP contribution in [-0.2, 0) is 4.79 Å². The van der Waals surface area contributed by atoms with Crippen LogP contribution in [0.25, 0.3) is 0 Å². The van der Waals surface area contributed by atoms with Crippen molar-refractivity contribution in [3.8, 4) is 5.75 Å². The molecule has 1 aliphatic rings. The van der Waals surface area contributed by atoms with Crippen molar-refractivity contribution in [1.82, 2.24) is 5.32 Å². The van der Waals surface area contributed by atoms with Gasteiger partial charge in [0.1, 0.15) is 5.75 Å². The molecule has 23 heavy (non-hydrogen) atoms. The van der Waals surface area contributed by atoms with Crippen LogP contribution >= 0.6 is 0 Å². The van der Waals surface area contributed by atoms with Crippen LogP contribution in [0.15, 0.2) is 24.3 Å². The van der Waals surface area contributed by atoms with Crippen molar-refractivity contribution in [2.24, 2.45) is 11.7 Å². The third-order valence-corrected chi connectivity index (χ3v) is 4.68. The second-order valence-corrected chi connectivity index (χ2v) is 7.27. The predicted octanol–water partition coefficient (Wildman–Crippen LogP) is 3.56. The van der Waals surface area contributed by atoms with E-state index in [1.165, 1.54) is 0 Å². The van der Waals surface area contributed by atoms with E-state index >= 15 is 0 Å². The fourth-order valence-corrected chi connectivity index (χ4v) is 3.29. The van der Waals surface area contributed by atoms with Gasteiger partial charge < -0.3 is 15.8 Å². The molecular formula is C19H30N2O2. The largest absolute Gasteiger partial charge is 0.491 e. The molecule has 2 rings (SSSR count). The van der Waals surface area contributed by atoms with Gasteiger partial charge in [0.25, 0.3) is 0 Å². The normalized spacial score (nSPS) is 25.9. The average molecular weight is 318 g/mol. The molecule has 0 aliphatic heterocycles. The van der Waals surface area contributed by atoms with Gasteiger partial charge in [-0.25, -0.2) is 0 Å². The van der Waals surface area contributed by atoms with Crippen LogP contribution in [0.3, 0.4) is 0 Å². The zero-order chi connectivity index (χ0) is 17.0. The van der Waals surface area contributed by atoms with Crippen molar-refractivity contribution in [3.63, 3.8) is 0 Å². The molecule has 0 aromatic heterocycles. The molecule has 3 unspecified atom stereocenters. The number of carbonyl (C=O) groups is 1. The quantitative estimate of drug-likeness (QED) is 0.872. The Morgan fingerprint density at radius 2 is 1.91 bits per heavy atom. The number of nitrogens with two attached hydrogens (primary N) is 1. The lowest BCUT2D eigenvalue weighted by Gasteiger charge is -2.37. The molecule has 0 radical (unpaired) electrons. The minimum absolute atomic E-state index is 0.0340. The van der Waals surface area contributed by atoms with Crippen molar-refractivity contribution in [2.75, 3.05) is 0 Å². The first kappa shape index (κ1) is 17.8. The summed E-state index contributed by atoms with van der Waals surface area (Å²) in [6.45, 7) is 8.02. The lowest BCUT2D eigenvalue weighted by molar-refractivity contribution is -0.128. The summed E-state index contributed by atoms with van der Waals surface area (Å²) >= 11 is 0. The Morgan fingerprint density at radius 3 is 2.48 bits per heavy atom. The van der Waals surface area contributed by atoms with Crippen molar-refractivity contribution in [3.05, 3.63) is 29.8 Å². The number of ether oxygens (including phenoxy) is 1. The van der Waals surface area contributed by atoms with E-state index in [1.54, 1.807) is 0 Å². The monoisotopic (exact) mass is 318 g/mol. The van der Waals surface area contributed by atoms with Crippen LogP contribution in [0, 0.1) is 5.92 Å². The third kappa shape index (κ3) is 4.71. The van der Waals surface area contributed by atoms with Gasteiger partial charge in [0.2, 0.25) is 5.91 Å². The highest BCUT2D eigenvalue weighted by molar-refractivity contribution is 5.80. The first-order chi connectivity index (χ1) is 10.8. The predicted molar refractivity (Wildman–Crippen MR) is 93.3 cm³/mol. The van der Waals surface area contributed by atoms with Crippen LogP contribution in [0.4, 0.5) is 0 Å². The van der Waals surface area contributed by atoms with Crippen molar-refractivity contribution in [1.29, 1.82) is 0 Å². The first-order valence-electron chi connectivity index (χ1n) is 8.65. The van der Waals surface area contributed by atoms with Crippen LogP contribution in [0.5, 0.6) is 5.75 Å². The summed E-state index contributed by atoms with van der Waals surface area (Å²) < 4.78 is 5.65. The van der Waals surface area contributed by atoms with Gasteiger partial charge in [-0.3, -0.25) is 4.79 Å². The van der Waals surface area contributed by atoms with Gasteiger partial charge in [0, 0.05) is 5.54 Å². The van der Waals surface area contributed by atoms with E-state index in [-0.39, 0.29) is 24.0 Å². The number of nitrogens with one attached hydrogen (secondary N) is 1. The molecule has 1 fully saturated rings. The second-order valence-electron chi connectivity index (χ2n) is 7.27. The topological polar surface area (TPSA) is 64.3 Å². The molecule has 1 saturated carbocycles. The van der Waals surface area contributed by atoms with E-state index in [4.69, 9.17) is 10.5 Å². The molecular weight excluding hydrogens is 288 g/mol. The molecule has 1 aliphatic carbocycles. The molecule has 0 bridgehead atoms. The minimum atomic E-state index is -0.392. The van der Waals surface area contributed by atoms with E-state index in [2.05, 4.69) is 5.32 Å². The van der Waals surface area contributed by atoms with Gasteiger partial charge in [-0.05, 0) is 58.2 Å². The zero-order valence-corrected chi connectivity index (χ0v) is 14.8. The molecule has 0 heterocycles. The molecule has 1 amide bonds. The summed E-state index contributed by atoms with van der Waals surface area (Å²) in [4.78, 5) is 12.6. The summed E-state index contributed by atoms with van der Waals surface area (Å²) in [5.41, 5.74) is 7.01. The highest BCUT2D eigenvalue weighted by atomic mass is 16.5. The number of hydrogen-bond acceptors (Lipinski definition) is 3. The highest BCUT2D eigenvalue weighted by Gasteiger charge is 2.38. The van der Waals surface area contributed by atoms with Crippen LogP contribution in [0.2, 0.25) is 0 Å². The van der Waals surface area contributed by atoms with E-state index in [9.17, 15) is 4.79 Å². The maximum Gasteiger partial charge on any atom is 0.225 e. The standard InChI is InChI=1S/C19H30N2O2/c1-13(2)23-16-10-8-15(9-11-16)14(3)21-18(22)17-7-5-6-12-19(17,4)20/h8-11,13-14,17H,5-7,12,20H2,1-4H3,(H,21,22). The molecule has 1 aromatic rings. The van der Waals surface area contributed by atoms with E-state index in [1.807, 2.05) is 52.0 Å². The Kier molecular flexibility index (Phi) is 5.69. The number of rotatable bonds is 5. The lowest BCUT2D eigenvalue weighted by atomic mass is 9.74. The third-order valence-electron chi connectivity index (χ3n) is 4.68. The molecule has 128 valence electrons. The molecule has 0 spiro atoms. The van der Waals surface area contributed by atoms with E-state index < -0.39 is 5.54 Å². The number of hydrogen-bond donors (Lipinski definition) is 2. The maximum absolute atomic E-state index is 12.6. The number of benzene rings is 1. The number of carbonyl (C=O) groups excluding carboxylic acids is 1. The average Bonchev–Trinajstić information content (AvgIpc) is 2.46. The molecule has 3 N–H and O–H groups in total. The highest BCUT2D eigenvalue weighted by Crippen LogP contribution is 2.32. The summed E-state index contributed by atoms with van der Waals surface area (Å²) in [7, 11) is 0. The fourth-order valence-electron chi connectivity index (χ4n) is 3.29. The molecule has 0 saturated heterocycles. The van der Waals surface area contributed by atoms with Gasteiger partial charge in [-0.2, -0.15) is 0 Å². The van der Waals surface area contributed by atoms with Gasteiger partial charge >= 0.3 is 0 Å². The maximum atomic E-state index is 12.6. The summed E-state index contributed by atoms with van der Waals surface area (Å²) in [6.07, 6.45) is 4.16. The van der Waals surface area contributed by atoms with Gasteiger partial charge in [0.15, 0.2) is 0 Å². The van der Waals surface area contributed by atoms with Crippen LogP contribution in [0.1, 0.15) is 65.0 Å². The Hall–Kier alpha value is -1.55.